The summed E-state index contributed by atoms with van der Waals surface area (Å²) in [5.74, 6) is 0.911. The van der Waals surface area contributed by atoms with Crippen molar-refractivity contribution in [2.45, 2.75) is 43.8 Å². The van der Waals surface area contributed by atoms with Crippen molar-refractivity contribution in [1.29, 1.82) is 0 Å². The predicted octanol–water partition coefficient (Wildman–Crippen LogP) is 2.14. The van der Waals surface area contributed by atoms with E-state index in [1.807, 2.05) is 16.7 Å². The molecule has 3 aromatic rings. The minimum atomic E-state index is -3.80. The number of aromatic amines is 1. The zero-order valence-corrected chi connectivity index (χ0v) is 15.9. The SMILES string of the molecule is CC[C@@H]1C[C@H](C(CCF)S(N)(=O)=O)C[C@@H]1c1nnc2cnc3[nH]ccc3n12. The number of nitrogens with zero attached hydrogens (tertiary/aromatic N) is 4. The summed E-state index contributed by atoms with van der Waals surface area (Å²) < 4.78 is 39.0. The highest BCUT2D eigenvalue weighted by atomic mass is 32.2. The second-order valence-corrected chi connectivity index (χ2v) is 9.12. The second kappa shape index (κ2) is 6.83. The third-order valence-electron chi connectivity index (χ3n) is 5.90. The summed E-state index contributed by atoms with van der Waals surface area (Å²) in [5.41, 5.74) is 2.28. The Hall–Kier alpha value is -2.07. The van der Waals surface area contributed by atoms with Crippen LogP contribution in [0.5, 0.6) is 0 Å². The lowest BCUT2D eigenvalue weighted by Crippen LogP contribution is -2.34. The number of rotatable bonds is 6. The number of halogens is 1. The summed E-state index contributed by atoms with van der Waals surface area (Å²) in [5, 5.41) is 13.2. The van der Waals surface area contributed by atoms with Crippen LogP contribution in [-0.2, 0) is 10.0 Å². The number of fused-ring (bicyclic) bond motifs is 3. The Balaban J connectivity index is 1.75. The van der Waals surface area contributed by atoms with Crippen LogP contribution in [0.2, 0.25) is 0 Å². The first-order valence-corrected chi connectivity index (χ1v) is 10.8. The van der Waals surface area contributed by atoms with Crippen LogP contribution in [0.1, 0.15) is 44.3 Å². The molecule has 1 unspecified atom stereocenters. The molecule has 3 aromatic heterocycles. The van der Waals surface area contributed by atoms with Gasteiger partial charge in [0, 0.05) is 12.1 Å². The second-order valence-electron chi connectivity index (χ2n) is 7.33. The van der Waals surface area contributed by atoms with Gasteiger partial charge in [-0.25, -0.2) is 18.5 Å². The molecule has 0 bridgehead atoms. The maximum atomic E-state index is 13.0. The Bertz CT molecular complexity index is 1060. The van der Waals surface area contributed by atoms with Gasteiger partial charge in [0.05, 0.1) is 23.6 Å². The summed E-state index contributed by atoms with van der Waals surface area (Å²) in [6.45, 7) is 1.39. The van der Waals surface area contributed by atoms with E-state index < -0.39 is 21.9 Å². The van der Waals surface area contributed by atoms with Crippen LogP contribution in [-0.4, -0.2) is 44.9 Å². The number of sulfonamides is 1. The molecular weight excluding hydrogens is 371 g/mol. The first-order chi connectivity index (χ1) is 12.9. The average Bonchev–Trinajstić information content (AvgIpc) is 3.33. The smallest absolute Gasteiger partial charge is 0.212 e. The Kier molecular flexibility index (Phi) is 4.63. The van der Waals surface area contributed by atoms with Gasteiger partial charge >= 0.3 is 0 Å². The van der Waals surface area contributed by atoms with Gasteiger partial charge in [-0.05, 0) is 37.2 Å². The molecule has 4 rings (SSSR count). The molecule has 1 aliphatic carbocycles. The van der Waals surface area contributed by atoms with Crippen molar-refractivity contribution in [3.8, 4) is 0 Å². The van der Waals surface area contributed by atoms with Gasteiger partial charge in [0.25, 0.3) is 0 Å². The fourth-order valence-corrected chi connectivity index (χ4v) is 5.83. The highest BCUT2D eigenvalue weighted by molar-refractivity contribution is 7.89. The van der Waals surface area contributed by atoms with Crippen LogP contribution in [0, 0.1) is 11.8 Å². The molecule has 3 heterocycles. The number of hydrogen-bond donors (Lipinski definition) is 2. The van der Waals surface area contributed by atoms with E-state index in [9.17, 15) is 12.8 Å². The Morgan fingerprint density at radius 1 is 1.41 bits per heavy atom. The molecule has 1 fully saturated rings. The molecule has 0 spiro atoms. The summed E-state index contributed by atoms with van der Waals surface area (Å²) in [6, 6.07) is 1.92. The van der Waals surface area contributed by atoms with Crippen LogP contribution in [0.4, 0.5) is 4.39 Å². The van der Waals surface area contributed by atoms with E-state index in [4.69, 9.17) is 5.14 Å². The normalized spacial score (nSPS) is 24.8. The summed E-state index contributed by atoms with van der Waals surface area (Å²) >= 11 is 0. The van der Waals surface area contributed by atoms with E-state index >= 15 is 0 Å². The highest BCUT2D eigenvalue weighted by Crippen LogP contribution is 2.47. The van der Waals surface area contributed by atoms with E-state index in [1.54, 1.807) is 6.20 Å². The molecule has 0 aromatic carbocycles. The fourth-order valence-electron chi connectivity index (χ4n) is 4.65. The standard InChI is InChI=1S/C17H23FN6O2S/c1-2-10-7-11(14(3-5-18)27(19,25)26)8-12(10)17-23-22-15-9-21-16-13(24(15)17)4-6-20-16/h4,6,9-12,14,20H,2-3,5,7-8H2,1H3,(H2,19,25,26)/t10-,11+,12+,14?/m1/s1. The quantitative estimate of drug-likeness (QED) is 0.664. The molecule has 0 radical (unpaired) electrons. The zero-order valence-electron chi connectivity index (χ0n) is 15.0. The van der Waals surface area contributed by atoms with Gasteiger partial charge in [-0.1, -0.05) is 13.3 Å². The maximum Gasteiger partial charge on any atom is 0.212 e. The molecule has 1 aliphatic rings. The van der Waals surface area contributed by atoms with Crippen molar-refractivity contribution < 1.29 is 12.8 Å². The Morgan fingerprint density at radius 2 is 2.22 bits per heavy atom. The van der Waals surface area contributed by atoms with Crippen molar-refractivity contribution >= 4 is 26.8 Å². The van der Waals surface area contributed by atoms with Crippen LogP contribution in [0.15, 0.2) is 18.5 Å². The topological polar surface area (TPSA) is 119 Å². The lowest BCUT2D eigenvalue weighted by molar-refractivity contribution is 0.390. The summed E-state index contributed by atoms with van der Waals surface area (Å²) in [7, 11) is -3.80. The number of aromatic nitrogens is 5. The first-order valence-electron chi connectivity index (χ1n) is 9.18. The molecule has 1 saturated carbocycles. The largest absolute Gasteiger partial charge is 0.345 e. The van der Waals surface area contributed by atoms with Gasteiger partial charge in [-0.2, -0.15) is 0 Å². The molecule has 146 valence electrons. The monoisotopic (exact) mass is 394 g/mol. The Morgan fingerprint density at radius 3 is 2.93 bits per heavy atom. The number of nitrogens with two attached hydrogens (primary N) is 1. The zero-order chi connectivity index (χ0) is 19.2. The van der Waals surface area contributed by atoms with E-state index in [2.05, 4.69) is 27.1 Å². The number of primary sulfonamides is 1. The molecule has 0 saturated heterocycles. The molecule has 8 nitrogen and oxygen atoms in total. The molecule has 10 heteroatoms. The molecule has 0 amide bonds. The van der Waals surface area contributed by atoms with Crippen molar-refractivity contribution in [2.75, 3.05) is 6.67 Å². The Labute approximate surface area is 156 Å². The van der Waals surface area contributed by atoms with E-state index in [-0.39, 0.29) is 24.2 Å². The van der Waals surface area contributed by atoms with Crippen LogP contribution < -0.4 is 5.14 Å². The van der Waals surface area contributed by atoms with Gasteiger partial charge in [0.15, 0.2) is 11.3 Å². The predicted molar refractivity (Wildman–Crippen MR) is 99.4 cm³/mol. The molecule has 0 aliphatic heterocycles. The van der Waals surface area contributed by atoms with Crippen LogP contribution in [0.25, 0.3) is 16.8 Å². The first kappa shape index (κ1) is 18.3. The van der Waals surface area contributed by atoms with Crippen molar-refractivity contribution in [1.82, 2.24) is 24.6 Å². The summed E-state index contributed by atoms with van der Waals surface area (Å²) in [4.78, 5) is 7.42. The van der Waals surface area contributed by atoms with Crippen molar-refractivity contribution in [3.63, 3.8) is 0 Å². The molecule has 4 atom stereocenters. The third-order valence-corrected chi connectivity index (χ3v) is 7.36. The summed E-state index contributed by atoms with van der Waals surface area (Å²) in [6.07, 6.45) is 5.60. The number of hydrogen-bond acceptors (Lipinski definition) is 5. The van der Waals surface area contributed by atoms with Crippen LogP contribution in [0.3, 0.4) is 0 Å². The van der Waals surface area contributed by atoms with E-state index in [1.165, 1.54) is 0 Å². The van der Waals surface area contributed by atoms with Gasteiger partial charge in [0.1, 0.15) is 5.82 Å². The maximum absolute atomic E-state index is 13.0. The van der Waals surface area contributed by atoms with Crippen molar-refractivity contribution in [3.05, 3.63) is 24.3 Å². The molecule has 27 heavy (non-hydrogen) atoms. The molecular formula is C17H23FN6O2S. The lowest BCUT2D eigenvalue weighted by Gasteiger charge is -2.20. The fraction of sp³-hybridized carbons (Fsp3) is 0.588. The highest BCUT2D eigenvalue weighted by Gasteiger charge is 2.43. The lowest BCUT2D eigenvalue weighted by atomic mass is 9.93. The number of alkyl halides is 1. The average molecular weight is 394 g/mol. The molecule has 3 N–H and O–H groups in total. The third kappa shape index (κ3) is 3.10. The van der Waals surface area contributed by atoms with E-state index in [0.29, 0.717) is 18.5 Å². The minimum Gasteiger partial charge on any atom is -0.345 e. The van der Waals surface area contributed by atoms with Gasteiger partial charge in [-0.3, -0.25) is 8.79 Å². The van der Waals surface area contributed by atoms with Crippen LogP contribution >= 0.6 is 0 Å². The number of nitrogens with one attached hydrogen (secondary N) is 1. The van der Waals surface area contributed by atoms with Gasteiger partial charge in [0.2, 0.25) is 10.0 Å². The number of H-pyrrole nitrogens is 1. The van der Waals surface area contributed by atoms with E-state index in [0.717, 1.165) is 23.4 Å². The van der Waals surface area contributed by atoms with Gasteiger partial charge in [-0.15, -0.1) is 10.2 Å². The minimum absolute atomic E-state index is 0.0411. The van der Waals surface area contributed by atoms with Gasteiger partial charge < -0.3 is 4.98 Å². The van der Waals surface area contributed by atoms with Crippen molar-refractivity contribution in [2.24, 2.45) is 17.0 Å².